The maximum atomic E-state index is 13.2. The summed E-state index contributed by atoms with van der Waals surface area (Å²) in [4.78, 5) is 22.9. The Morgan fingerprint density at radius 3 is 2.50 bits per heavy atom. The zero-order valence-corrected chi connectivity index (χ0v) is 18.1. The lowest BCUT2D eigenvalue weighted by atomic mass is 9.97. The number of nitrogens with two attached hydrogens (primary N) is 1. The molecular weight excluding hydrogens is 398 g/mol. The van der Waals surface area contributed by atoms with E-state index in [4.69, 9.17) is 15.7 Å². The van der Waals surface area contributed by atoms with E-state index < -0.39 is 0 Å². The summed E-state index contributed by atoms with van der Waals surface area (Å²) in [6.45, 7) is 1.12. The molecule has 162 valence electrons. The average Bonchev–Trinajstić information content (AvgIpc) is 3.11. The van der Waals surface area contributed by atoms with Crippen LogP contribution in [0.25, 0.3) is 22.2 Å². The molecule has 32 heavy (non-hydrogen) atoms. The Morgan fingerprint density at radius 1 is 1.00 bits per heavy atom. The molecule has 2 heterocycles. The van der Waals surface area contributed by atoms with Crippen molar-refractivity contribution in [1.29, 1.82) is 0 Å². The van der Waals surface area contributed by atoms with E-state index in [1.54, 1.807) is 0 Å². The second-order valence-corrected chi connectivity index (χ2v) is 8.32. The van der Waals surface area contributed by atoms with E-state index in [1.165, 1.54) is 18.4 Å². The molecule has 0 saturated heterocycles. The molecule has 6 heteroatoms. The van der Waals surface area contributed by atoms with E-state index in [2.05, 4.69) is 11.4 Å². The van der Waals surface area contributed by atoms with Gasteiger partial charge in [-0.25, -0.2) is 9.97 Å². The first-order chi connectivity index (χ1) is 15.7. The fourth-order valence-corrected chi connectivity index (χ4v) is 4.42. The summed E-state index contributed by atoms with van der Waals surface area (Å²) in [5, 5.41) is 3.00. The van der Waals surface area contributed by atoms with Gasteiger partial charge >= 0.3 is 0 Å². The first-order valence-electron chi connectivity index (χ1n) is 11.2. The van der Waals surface area contributed by atoms with Gasteiger partial charge in [-0.3, -0.25) is 4.79 Å². The van der Waals surface area contributed by atoms with Crippen molar-refractivity contribution in [2.45, 2.75) is 45.2 Å². The lowest BCUT2D eigenvalue weighted by molar-refractivity contribution is 0.0953. The summed E-state index contributed by atoms with van der Waals surface area (Å²) in [7, 11) is 0. The topological polar surface area (TPSA) is 85.8 Å². The number of benzene rings is 2. The van der Waals surface area contributed by atoms with Crippen LogP contribution in [-0.4, -0.2) is 20.4 Å². The van der Waals surface area contributed by atoms with Crippen LogP contribution in [0.5, 0.6) is 0 Å². The molecule has 4 aromatic rings. The van der Waals surface area contributed by atoms with E-state index in [9.17, 15) is 4.79 Å². The van der Waals surface area contributed by atoms with Gasteiger partial charge in [0.1, 0.15) is 16.9 Å². The summed E-state index contributed by atoms with van der Waals surface area (Å²) in [6.07, 6.45) is 8.05. The van der Waals surface area contributed by atoms with Gasteiger partial charge in [0, 0.05) is 13.1 Å². The number of nitrogen functional groups attached to an aromatic ring is 1. The van der Waals surface area contributed by atoms with Crippen LogP contribution < -0.4 is 11.1 Å². The van der Waals surface area contributed by atoms with Crippen LogP contribution in [0.4, 0.5) is 5.82 Å². The van der Waals surface area contributed by atoms with E-state index in [0.717, 1.165) is 35.9 Å². The van der Waals surface area contributed by atoms with Crippen molar-refractivity contribution in [3.63, 3.8) is 0 Å². The predicted octanol–water partition coefficient (Wildman–Crippen LogP) is 4.99. The minimum atomic E-state index is -0.225. The van der Waals surface area contributed by atoms with Gasteiger partial charge in [0.25, 0.3) is 5.91 Å². The smallest absolute Gasteiger partial charge is 0.257 e. The number of carbonyl (C=O) groups is 1. The first-order valence-corrected chi connectivity index (χ1v) is 11.2. The zero-order chi connectivity index (χ0) is 21.9. The number of anilines is 1. The molecule has 1 aliphatic rings. The highest BCUT2D eigenvalue weighted by Crippen LogP contribution is 2.29. The van der Waals surface area contributed by atoms with Gasteiger partial charge in [-0.1, -0.05) is 54.1 Å². The number of allylic oxidation sites excluding steroid dienone is 2. The molecule has 2 aromatic carbocycles. The van der Waals surface area contributed by atoms with Crippen LogP contribution in [-0.2, 0) is 13.1 Å². The van der Waals surface area contributed by atoms with Gasteiger partial charge in [0.15, 0.2) is 5.65 Å². The van der Waals surface area contributed by atoms with Crippen molar-refractivity contribution in [1.82, 2.24) is 19.9 Å². The molecule has 1 aliphatic carbocycles. The molecular formula is C26H27N5O. The molecule has 0 unspecified atom stereocenters. The number of para-hydroxylation sites is 2. The lowest BCUT2D eigenvalue weighted by Crippen LogP contribution is -2.24. The molecule has 0 aliphatic heterocycles. The van der Waals surface area contributed by atoms with Crippen LogP contribution in [0.15, 0.2) is 66.2 Å². The van der Waals surface area contributed by atoms with Gasteiger partial charge in [0.05, 0.1) is 11.0 Å². The van der Waals surface area contributed by atoms with E-state index >= 15 is 0 Å². The number of carbonyl (C=O) groups excluding carboxylic acids is 1. The van der Waals surface area contributed by atoms with Crippen LogP contribution in [0.3, 0.4) is 0 Å². The summed E-state index contributed by atoms with van der Waals surface area (Å²) < 4.78 is 1.96. The number of hydrogen-bond donors (Lipinski definition) is 2. The van der Waals surface area contributed by atoms with Crippen LogP contribution >= 0.6 is 0 Å². The molecule has 2 aromatic heterocycles. The number of hydrogen-bond acceptors (Lipinski definition) is 4. The average molecular weight is 426 g/mol. The van der Waals surface area contributed by atoms with Crippen molar-refractivity contribution in [2.24, 2.45) is 0 Å². The number of amides is 1. The SMILES string of the molecule is Nc1c(C(=O)NCc2ccccc2)c2nc3ccccc3nc2n1CCC1=CCCCC1. The van der Waals surface area contributed by atoms with Crippen molar-refractivity contribution < 1.29 is 4.79 Å². The monoisotopic (exact) mass is 425 g/mol. The summed E-state index contributed by atoms with van der Waals surface area (Å²) >= 11 is 0. The van der Waals surface area contributed by atoms with Crippen molar-refractivity contribution in [3.05, 3.63) is 77.4 Å². The Kier molecular flexibility index (Phi) is 5.58. The molecule has 1 amide bonds. The van der Waals surface area contributed by atoms with Crippen LogP contribution in [0.2, 0.25) is 0 Å². The number of aryl methyl sites for hydroxylation is 1. The second kappa shape index (κ2) is 8.83. The van der Waals surface area contributed by atoms with Gasteiger partial charge in [-0.15, -0.1) is 0 Å². The third-order valence-electron chi connectivity index (χ3n) is 6.16. The zero-order valence-electron chi connectivity index (χ0n) is 18.1. The van der Waals surface area contributed by atoms with Gasteiger partial charge in [-0.2, -0.15) is 0 Å². The normalized spacial score (nSPS) is 13.9. The highest BCUT2D eigenvalue weighted by Gasteiger charge is 2.24. The maximum absolute atomic E-state index is 13.2. The quantitative estimate of drug-likeness (QED) is 0.426. The number of fused-ring (bicyclic) bond motifs is 2. The molecule has 0 saturated carbocycles. The Balaban J connectivity index is 1.53. The Morgan fingerprint density at radius 2 is 1.75 bits per heavy atom. The van der Waals surface area contributed by atoms with Crippen LogP contribution in [0.1, 0.15) is 48.0 Å². The molecule has 3 N–H and O–H groups in total. The molecule has 0 bridgehead atoms. The fraction of sp³-hybridized carbons (Fsp3) is 0.269. The van der Waals surface area contributed by atoms with Gasteiger partial charge < -0.3 is 15.6 Å². The Bertz CT molecular complexity index is 1310. The van der Waals surface area contributed by atoms with Crippen molar-refractivity contribution >= 4 is 33.9 Å². The minimum Gasteiger partial charge on any atom is -0.384 e. The number of nitrogens with one attached hydrogen (secondary N) is 1. The molecule has 0 spiro atoms. The third-order valence-corrected chi connectivity index (χ3v) is 6.16. The van der Waals surface area contributed by atoms with Gasteiger partial charge in [0.2, 0.25) is 0 Å². The maximum Gasteiger partial charge on any atom is 0.257 e. The largest absolute Gasteiger partial charge is 0.384 e. The fourth-order valence-electron chi connectivity index (χ4n) is 4.42. The summed E-state index contributed by atoms with van der Waals surface area (Å²) in [6, 6.07) is 17.6. The molecule has 0 atom stereocenters. The number of rotatable bonds is 6. The van der Waals surface area contributed by atoms with E-state index in [-0.39, 0.29) is 5.91 Å². The highest BCUT2D eigenvalue weighted by atomic mass is 16.1. The molecule has 6 nitrogen and oxygen atoms in total. The lowest BCUT2D eigenvalue weighted by Gasteiger charge is -2.14. The Labute approximate surface area is 187 Å². The van der Waals surface area contributed by atoms with E-state index in [1.807, 2.05) is 59.2 Å². The molecule has 0 radical (unpaired) electrons. The standard InChI is InChI=1S/C26H27N5O/c27-24-22(26(32)28-17-19-11-5-2-6-12-19)23-25(30-21-14-8-7-13-20(21)29-23)31(24)16-15-18-9-3-1-4-10-18/h2,5-9,11-14H,1,3-4,10,15-17,27H2,(H,28,32). The third kappa shape index (κ3) is 3.96. The van der Waals surface area contributed by atoms with Crippen molar-refractivity contribution in [2.75, 3.05) is 5.73 Å². The Hall–Kier alpha value is -3.67. The molecule has 0 fully saturated rings. The minimum absolute atomic E-state index is 0.225. The number of aromatic nitrogens is 3. The predicted molar refractivity (Wildman–Crippen MR) is 128 cm³/mol. The summed E-state index contributed by atoms with van der Waals surface area (Å²) in [5.41, 5.74) is 12.2. The van der Waals surface area contributed by atoms with Crippen molar-refractivity contribution in [3.8, 4) is 0 Å². The number of nitrogens with zero attached hydrogens (tertiary/aromatic N) is 3. The second-order valence-electron chi connectivity index (χ2n) is 8.32. The van der Waals surface area contributed by atoms with Gasteiger partial charge in [-0.05, 0) is 49.8 Å². The molecule has 5 rings (SSSR count). The first kappa shape index (κ1) is 20.2. The van der Waals surface area contributed by atoms with Crippen LogP contribution in [0, 0.1) is 0 Å². The van der Waals surface area contributed by atoms with E-state index in [0.29, 0.717) is 35.6 Å². The highest BCUT2D eigenvalue weighted by molar-refractivity contribution is 6.10. The summed E-state index contributed by atoms with van der Waals surface area (Å²) in [5.74, 6) is 0.203.